The maximum absolute atomic E-state index is 13.9. The molecule has 0 saturated heterocycles. The van der Waals surface area contributed by atoms with E-state index >= 15 is 0 Å². The molecule has 0 fully saturated rings. The average molecular weight is 586 g/mol. The summed E-state index contributed by atoms with van der Waals surface area (Å²) in [5, 5.41) is 3.30. The molecule has 3 aromatic rings. The van der Waals surface area contributed by atoms with Crippen molar-refractivity contribution in [2.45, 2.75) is 31.0 Å². The van der Waals surface area contributed by atoms with Crippen molar-refractivity contribution in [3.05, 3.63) is 51.0 Å². The summed E-state index contributed by atoms with van der Waals surface area (Å²) in [6.45, 7) is 4.57. The largest absolute Gasteiger partial charge is 0.420 e. The van der Waals surface area contributed by atoms with E-state index in [1.807, 2.05) is 12.1 Å². The second-order valence-electron chi connectivity index (χ2n) is 9.15. The van der Waals surface area contributed by atoms with E-state index in [2.05, 4.69) is 27.1 Å². The lowest BCUT2D eigenvalue weighted by atomic mass is 9.99. The van der Waals surface area contributed by atoms with Gasteiger partial charge in [0.2, 0.25) is 5.95 Å². The highest BCUT2D eigenvalue weighted by Gasteiger charge is 2.38. The summed E-state index contributed by atoms with van der Waals surface area (Å²) in [5.74, 6) is -1.04. The van der Waals surface area contributed by atoms with Gasteiger partial charge in [-0.15, -0.1) is 11.3 Å². The number of carbonyl (C=O) groups is 1. The Labute approximate surface area is 226 Å². The predicted octanol–water partition coefficient (Wildman–Crippen LogP) is 4.86. The zero-order valence-corrected chi connectivity index (χ0v) is 22.8. The number of amides is 1. The molecule has 0 aliphatic carbocycles. The van der Waals surface area contributed by atoms with Crippen LogP contribution in [-0.2, 0) is 29.0 Å². The Kier molecular flexibility index (Phi) is 6.91. The number of hydrogen-bond donors (Lipinski definition) is 1. The summed E-state index contributed by atoms with van der Waals surface area (Å²) in [6.07, 6.45) is -3.34. The molecule has 4 heterocycles. The van der Waals surface area contributed by atoms with Crippen molar-refractivity contribution in [2.75, 3.05) is 37.8 Å². The second kappa shape index (κ2) is 9.78. The maximum Gasteiger partial charge on any atom is 0.420 e. The Bertz CT molecular complexity index is 1540. The molecule has 0 atom stereocenters. The number of nitrogens with one attached hydrogen (secondary N) is 1. The molecule has 2 aromatic heterocycles. The van der Waals surface area contributed by atoms with Crippen LogP contribution in [-0.4, -0.2) is 66.5 Å². The first kappa shape index (κ1) is 26.9. The van der Waals surface area contributed by atoms with E-state index in [1.165, 1.54) is 11.9 Å². The Morgan fingerprint density at radius 3 is 2.66 bits per heavy atom. The van der Waals surface area contributed by atoms with E-state index in [-0.39, 0.29) is 32.9 Å². The first-order valence-electron chi connectivity index (χ1n) is 11.7. The van der Waals surface area contributed by atoms with E-state index in [0.717, 1.165) is 36.7 Å². The molecule has 2 aliphatic rings. The van der Waals surface area contributed by atoms with E-state index in [4.69, 9.17) is 11.6 Å². The number of hydrogen-bond acceptors (Lipinski definition) is 8. The van der Waals surface area contributed by atoms with Crippen molar-refractivity contribution in [3.8, 4) is 10.6 Å². The summed E-state index contributed by atoms with van der Waals surface area (Å²) < 4.78 is 67.3. The lowest BCUT2D eigenvalue weighted by molar-refractivity contribution is -0.137. The second-order valence-corrected chi connectivity index (χ2v) is 12.7. The van der Waals surface area contributed by atoms with Crippen molar-refractivity contribution < 1.29 is 26.4 Å². The third-order valence-corrected chi connectivity index (χ3v) is 9.96. The number of rotatable bonds is 4. The Balaban J connectivity index is 1.58. The van der Waals surface area contributed by atoms with Gasteiger partial charge in [-0.25, -0.2) is 18.4 Å². The molecule has 202 valence electrons. The monoisotopic (exact) mass is 585 g/mol. The van der Waals surface area contributed by atoms with Crippen LogP contribution in [0.5, 0.6) is 0 Å². The SMILES string of the molecule is CCN1CCc2cc(Cl)c(Nc3ncc(C(F)(F)F)c(-c4cc5c(s4)C(=O)N(C)CCS5(=O)=O)n3)cc2C1. The molecule has 5 rings (SSSR count). The van der Waals surface area contributed by atoms with Gasteiger partial charge in [-0.2, -0.15) is 13.2 Å². The van der Waals surface area contributed by atoms with Gasteiger partial charge in [0.15, 0.2) is 9.84 Å². The number of thiophene rings is 1. The van der Waals surface area contributed by atoms with E-state index in [1.54, 1.807) is 0 Å². The van der Waals surface area contributed by atoms with Gasteiger partial charge in [-0.3, -0.25) is 9.69 Å². The minimum atomic E-state index is -4.82. The Hall–Kier alpha value is -2.74. The van der Waals surface area contributed by atoms with Crippen LogP contribution < -0.4 is 5.32 Å². The summed E-state index contributed by atoms with van der Waals surface area (Å²) >= 11 is 7.13. The van der Waals surface area contributed by atoms with Crippen LogP contribution >= 0.6 is 22.9 Å². The third kappa shape index (κ3) is 4.99. The quantitative estimate of drug-likeness (QED) is 0.467. The highest BCUT2D eigenvalue weighted by atomic mass is 35.5. The van der Waals surface area contributed by atoms with Gasteiger partial charge in [-0.05, 0) is 42.3 Å². The van der Waals surface area contributed by atoms with Crippen LogP contribution in [0.4, 0.5) is 24.8 Å². The highest BCUT2D eigenvalue weighted by molar-refractivity contribution is 7.91. The van der Waals surface area contributed by atoms with Gasteiger partial charge in [0.1, 0.15) is 10.4 Å². The van der Waals surface area contributed by atoms with Crippen LogP contribution in [0, 0.1) is 0 Å². The first-order chi connectivity index (χ1) is 17.9. The van der Waals surface area contributed by atoms with Crippen LogP contribution in [0.25, 0.3) is 10.6 Å². The molecule has 1 amide bonds. The van der Waals surface area contributed by atoms with Crippen LogP contribution in [0.2, 0.25) is 5.02 Å². The van der Waals surface area contributed by atoms with Gasteiger partial charge in [-0.1, -0.05) is 18.5 Å². The number of anilines is 2. The van der Waals surface area contributed by atoms with Crippen LogP contribution in [0.3, 0.4) is 0 Å². The summed E-state index contributed by atoms with van der Waals surface area (Å²) in [6, 6.07) is 4.77. The molecule has 2 aliphatic heterocycles. The number of nitrogens with zero attached hydrogens (tertiary/aromatic N) is 4. The Morgan fingerprint density at radius 2 is 1.95 bits per heavy atom. The summed E-state index contributed by atoms with van der Waals surface area (Å²) in [7, 11) is -2.43. The lowest BCUT2D eigenvalue weighted by Crippen LogP contribution is -2.30. The van der Waals surface area contributed by atoms with Gasteiger partial charge in [0, 0.05) is 32.9 Å². The zero-order chi connectivity index (χ0) is 27.4. The number of aromatic nitrogens is 2. The summed E-state index contributed by atoms with van der Waals surface area (Å²) in [4.78, 5) is 23.7. The van der Waals surface area contributed by atoms with Crippen molar-refractivity contribution in [2.24, 2.45) is 0 Å². The van der Waals surface area contributed by atoms with Crippen molar-refractivity contribution in [1.29, 1.82) is 0 Å². The number of alkyl halides is 3. The molecule has 0 saturated carbocycles. The van der Waals surface area contributed by atoms with Gasteiger partial charge < -0.3 is 10.2 Å². The molecule has 8 nitrogen and oxygen atoms in total. The van der Waals surface area contributed by atoms with Gasteiger partial charge in [0.25, 0.3) is 5.91 Å². The van der Waals surface area contributed by atoms with Crippen molar-refractivity contribution in [1.82, 2.24) is 19.8 Å². The zero-order valence-electron chi connectivity index (χ0n) is 20.4. The third-order valence-electron chi connectivity index (χ3n) is 6.67. The topological polar surface area (TPSA) is 95.5 Å². The highest BCUT2D eigenvalue weighted by Crippen LogP contribution is 2.42. The standard InChI is InChI=1S/C24H23ClF3N5O3S2/c1-3-33-5-4-13-8-16(25)17(9-14(13)12-33)30-23-29-11-15(24(26,27)28)20(31-23)18-10-19-21(37-18)22(34)32(2)6-7-38(19,35)36/h8-11H,3-7,12H2,1-2H3,(H,29,30,31). The molecule has 1 N–H and O–H groups in total. The smallest absolute Gasteiger partial charge is 0.340 e. The number of fused-ring (bicyclic) bond motifs is 2. The number of benzene rings is 1. The number of halogens is 4. The molecular formula is C24H23ClF3N5O3S2. The van der Waals surface area contributed by atoms with Gasteiger partial charge >= 0.3 is 6.18 Å². The minimum absolute atomic E-state index is 0.00910. The molecule has 0 bridgehead atoms. The molecule has 1 aromatic carbocycles. The van der Waals surface area contributed by atoms with E-state index < -0.39 is 33.2 Å². The number of likely N-dealkylation sites (N-methyl/N-ethyl adjacent to an activating group) is 1. The molecule has 14 heteroatoms. The van der Waals surface area contributed by atoms with E-state index in [9.17, 15) is 26.4 Å². The van der Waals surface area contributed by atoms with Crippen molar-refractivity contribution in [3.63, 3.8) is 0 Å². The molecule has 0 unspecified atom stereocenters. The molecule has 38 heavy (non-hydrogen) atoms. The fourth-order valence-electron chi connectivity index (χ4n) is 4.47. The fraction of sp³-hybridized carbons (Fsp3) is 0.375. The lowest BCUT2D eigenvalue weighted by Gasteiger charge is -2.28. The first-order valence-corrected chi connectivity index (χ1v) is 14.6. The minimum Gasteiger partial charge on any atom is -0.340 e. The Morgan fingerprint density at radius 1 is 1.18 bits per heavy atom. The fourth-order valence-corrected chi connectivity index (χ4v) is 7.74. The normalized spacial score (nSPS) is 17.6. The van der Waals surface area contributed by atoms with Crippen LogP contribution in [0.1, 0.15) is 33.3 Å². The number of sulfone groups is 1. The predicted molar refractivity (Wildman–Crippen MR) is 139 cm³/mol. The van der Waals surface area contributed by atoms with E-state index in [0.29, 0.717) is 34.8 Å². The maximum atomic E-state index is 13.9. The molecular weight excluding hydrogens is 563 g/mol. The summed E-state index contributed by atoms with van der Waals surface area (Å²) in [5.41, 5.74) is 0.926. The molecule has 0 radical (unpaired) electrons. The van der Waals surface area contributed by atoms with Gasteiger partial charge in [0.05, 0.1) is 31.9 Å². The van der Waals surface area contributed by atoms with Crippen LogP contribution in [0.15, 0.2) is 29.3 Å². The average Bonchev–Trinajstić information content (AvgIpc) is 3.30. The number of carbonyl (C=O) groups excluding carboxylic acids is 1. The van der Waals surface area contributed by atoms with Crippen molar-refractivity contribution >= 4 is 50.3 Å². The molecule has 0 spiro atoms.